The van der Waals surface area contributed by atoms with Crippen LogP contribution in [0, 0.1) is 6.92 Å². The fourth-order valence-corrected chi connectivity index (χ4v) is 2.16. The van der Waals surface area contributed by atoms with Gasteiger partial charge in [0.2, 0.25) is 0 Å². The van der Waals surface area contributed by atoms with Gasteiger partial charge in [-0.1, -0.05) is 6.92 Å². The molecule has 0 bridgehead atoms. The van der Waals surface area contributed by atoms with E-state index in [-0.39, 0.29) is 12.3 Å². The second-order valence-electron chi connectivity index (χ2n) is 5.42. The lowest BCUT2D eigenvalue weighted by Crippen LogP contribution is -2.43. The summed E-state index contributed by atoms with van der Waals surface area (Å²) < 4.78 is 1.74. The summed E-state index contributed by atoms with van der Waals surface area (Å²) in [7, 11) is 3.68. The van der Waals surface area contributed by atoms with E-state index in [1.165, 1.54) is 0 Å². The lowest BCUT2D eigenvalue weighted by molar-refractivity contribution is -0.137. The Bertz CT molecular complexity index is 496. The van der Waals surface area contributed by atoms with Crippen LogP contribution in [0.15, 0.2) is 6.20 Å². The minimum Gasteiger partial charge on any atom is -0.481 e. The van der Waals surface area contributed by atoms with E-state index in [1.54, 1.807) is 17.8 Å². The number of nitrogens with zero attached hydrogens (tertiary/aromatic N) is 3. The number of carbonyl (C=O) groups excluding carboxylic acids is 1. The fourth-order valence-electron chi connectivity index (χ4n) is 2.16. The molecule has 1 aromatic heterocycles. The van der Waals surface area contributed by atoms with Crippen LogP contribution in [0.4, 0.5) is 0 Å². The van der Waals surface area contributed by atoms with Crippen LogP contribution in [0.3, 0.4) is 0 Å². The van der Waals surface area contributed by atoms with E-state index in [4.69, 9.17) is 5.11 Å². The first kappa shape index (κ1) is 17.2. The number of likely N-dealkylation sites (N-methyl/N-ethyl adjacent to an activating group) is 1. The molecule has 0 fully saturated rings. The van der Waals surface area contributed by atoms with Crippen LogP contribution in [-0.4, -0.2) is 58.3 Å². The molecule has 0 aliphatic carbocycles. The number of hydrogen-bond donors (Lipinski definition) is 2. The minimum absolute atomic E-state index is 0.105. The average molecular weight is 296 g/mol. The summed E-state index contributed by atoms with van der Waals surface area (Å²) in [5.74, 6) is -1.21. The zero-order valence-corrected chi connectivity index (χ0v) is 13.1. The molecule has 21 heavy (non-hydrogen) atoms. The Hall–Kier alpha value is -1.89. The summed E-state index contributed by atoms with van der Waals surface area (Å²) in [6.45, 7) is 5.04. The highest BCUT2D eigenvalue weighted by Gasteiger charge is 2.20. The molecule has 1 heterocycles. The van der Waals surface area contributed by atoms with Gasteiger partial charge < -0.3 is 15.3 Å². The molecule has 1 amide bonds. The van der Waals surface area contributed by atoms with Gasteiger partial charge in [-0.2, -0.15) is 5.10 Å². The Morgan fingerprint density at radius 2 is 2.14 bits per heavy atom. The maximum atomic E-state index is 12.3. The van der Waals surface area contributed by atoms with Crippen molar-refractivity contribution >= 4 is 11.9 Å². The number of nitrogens with one attached hydrogen (secondary N) is 1. The molecule has 1 atom stereocenters. The smallest absolute Gasteiger partial charge is 0.305 e. The van der Waals surface area contributed by atoms with Crippen molar-refractivity contribution in [3.63, 3.8) is 0 Å². The summed E-state index contributed by atoms with van der Waals surface area (Å²) in [6, 6.07) is -0.432. The Morgan fingerprint density at radius 3 is 2.67 bits per heavy atom. The molecular weight excluding hydrogens is 272 g/mol. The first-order valence-corrected chi connectivity index (χ1v) is 7.05. The van der Waals surface area contributed by atoms with E-state index in [9.17, 15) is 9.59 Å². The topological polar surface area (TPSA) is 87.5 Å². The van der Waals surface area contributed by atoms with Crippen molar-refractivity contribution in [1.82, 2.24) is 20.0 Å². The highest BCUT2D eigenvalue weighted by atomic mass is 16.4. The van der Waals surface area contributed by atoms with Gasteiger partial charge in [0.1, 0.15) is 0 Å². The second kappa shape index (κ2) is 7.78. The largest absolute Gasteiger partial charge is 0.481 e. The number of carboxylic acids is 1. The molecule has 118 valence electrons. The standard InChI is InChI=1S/C14H24N4O3/c1-5-6-18-9-12(10(2)16-18)14(21)15-11(7-13(19)20)8-17(3)4/h9,11H,5-8H2,1-4H3,(H,15,21)(H,19,20)/t11-/m1/s1. The molecule has 0 unspecified atom stereocenters. The van der Waals surface area contributed by atoms with Gasteiger partial charge in [-0.15, -0.1) is 0 Å². The molecular formula is C14H24N4O3. The Morgan fingerprint density at radius 1 is 1.48 bits per heavy atom. The van der Waals surface area contributed by atoms with Crippen LogP contribution in [0.2, 0.25) is 0 Å². The normalized spacial score (nSPS) is 12.4. The van der Waals surface area contributed by atoms with Gasteiger partial charge in [-0.25, -0.2) is 0 Å². The maximum Gasteiger partial charge on any atom is 0.305 e. The van der Waals surface area contributed by atoms with Crippen LogP contribution in [-0.2, 0) is 11.3 Å². The molecule has 7 heteroatoms. The molecule has 0 aliphatic heterocycles. The van der Waals surface area contributed by atoms with Crippen LogP contribution < -0.4 is 5.32 Å². The number of hydrogen-bond acceptors (Lipinski definition) is 4. The van der Waals surface area contributed by atoms with Crippen LogP contribution in [0.25, 0.3) is 0 Å². The van der Waals surface area contributed by atoms with Crippen LogP contribution in [0.5, 0.6) is 0 Å². The van der Waals surface area contributed by atoms with Gasteiger partial charge in [-0.3, -0.25) is 14.3 Å². The molecule has 0 aromatic carbocycles. The van der Waals surface area contributed by atoms with E-state index < -0.39 is 12.0 Å². The van der Waals surface area contributed by atoms with Crippen molar-refractivity contribution in [1.29, 1.82) is 0 Å². The van der Waals surface area contributed by atoms with Crippen molar-refractivity contribution in [2.75, 3.05) is 20.6 Å². The number of rotatable bonds is 8. The SMILES string of the molecule is CCCn1cc(C(=O)N[C@H](CC(=O)O)CN(C)C)c(C)n1. The molecule has 0 saturated carbocycles. The summed E-state index contributed by atoms with van der Waals surface area (Å²) in [6.07, 6.45) is 2.54. The number of aliphatic carboxylic acids is 1. The van der Waals surface area contributed by atoms with Gasteiger partial charge in [0, 0.05) is 19.3 Å². The molecule has 0 aliphatic rings. The third-order valence-corrected chi connectivity index (χ3v) is 2.99. The van der Waals surface area contributed by atoms with Gasteiger partial charge in [0.15, 0.2) is 0 Å². The van der Waals surface area contributed by atoms with Crippen molar-refractivity contribution in [3.8, 4) is 0 Å². The predicted molar refractivity (Wildman–Crippen MR) is 79.3 cm³/mol. The maximum absolute atomic E-state index is 12.3. The highest BCUT2D eigenvalue weighted by molar-refractivity contribution is 5.95. The Kier molecular flexibility index (Phi) is 6.36. The van der Waals surface area contributed by atoms with Crippen LogP contribution in [0.1, 0.15) is 35.8 Å². The van der Waals surface area contributed by atoms with E-state index in [2.05, 4.69) is 10.4 Å². The van der Waals surface area contributed by atoms with E-state index in [1.807, 2.05) is 25.9 Å². The molecule has 0 radical (unpaired) electrons. The van der Waals surface area contributed by atoms with Crippen LogP contribution >= 0.6 is 0 Å². The van der Waals surface area contributed by atoms with E-state index in [0.29, 0.717) is 17.8 Å². The lowest BCUT2D eigenvalue weighted by atomic mass is 10.1. The van der Waals surface area contributed by atoms with Gasteiger partial charge in [0.05, 0.1) is 23.7 Å². The van der Waals surface area contributed by atoms with Crippen molar-refractivity contribution in [2.24, 2.45) is 0 Å². The van der Waals surface area contributed by atoms with Gasteiger partial charge >= 0.3 is 5.97 Å². The van der Waals surface area contributed by atoms with Gasteiger partial charge in [0.25, 0.3) is 5.91 Å². The lowest BCUT2D eigenvalue weighted by Gasteiger charge is -2.20. The first-order valence-electron chi connectivity index (χ1n) is 7.05. The average Bonchev–Trinajstić information content (AvgIpc) is 2.69. The highest BCUT2D eigenvalue weighted by Crippen LogP contribution is 2.07. The zero-order valence-electron chi connectivity index (χ0n) is 13.1. The molecule has 1 rings (SSSR count). The monoisotopic (exact) mass is 296 g/mol. The quantitative estimate of drug-likeness (QED) is 0.738. The first-order chi connectivity index (χ1) is 9.83. The summed E-state index contributed by atoms with van der Waals surface area (Å²) in [5, 5.41) is 16.0. The number of carboxylic acid groups (broad SMARTS) is 1. The number of aromatic nitrogens is 2. The third kappa shape index (κ3) is 5.55. The molecule has 0 spiro atoms. The number of aryl methyl sites for hydroxylation is 2. The Balaban J connectivity index is 2.78. The van der Waals surface area contributed by atoms with E-state index >= 15 is 0 Å². The predicted octanol–water partition coefficient (Wildman–Crippen LogP) is 0.736. The molecule has 2 N–H and O–H groups in total. The summed E-state index contributed by atoms with van der Waals surface area (Å²) in [4.78, 5) is 25.0. The summed E-state index contributed by atoms with van der Waals surface area (Å²) in [5.41, 5.74) is 1.15. The van der Waals surface area contributed by atoms with Gasteiger partial charge in [-0.05, 0) is 27.4 Å². The van der Waals surface area contributed by atoms with Crippen molar-refractivity contribution < 1.29 is 14.7 Å². The Labute approximate surface area is 124 Å². The van der Waals surface area contributed by atoms with E-state index in [0.717, 1.165) is 13.0 Å². The van der Waals surface area contributed by atoms with Crippen molar-refractivity contribution in [3.05, 3.63) is 17.5 Å². The second-order valence-corrected chi connectivity index (χ2v) is 5.42. The minimum atomic E-state index is -0.930. The fraction of sp³-hybridized carbons (Fsp3) is 0.643. The molecule has 1 aromatic rings. The summed E-state index contributed by atoms with van der Waals surface area (Å²) >= 11 is 0. The molecule has 0 saturated heterocycles. The molecule has 7 nitrogen and oxygen atoms in total. The number of carbonyl (C=O) groups is 2. The third-order valence-electron chi connectivity index (χ3n) is 2.99. The number of amides is 1. The zero-order chi connectivity index (χ0) is 16.0. The van der Waals surface area contributed by atoms with Crippen molar-refractivity contribution in [2.45, 2.75) is 39.3 Å².